The van der Waals surface area contributed by atoms with Crippen LogP contribution in [0.1, 0.15) is 188 Å². The van der Waals surface area contributed by atoms with E-state index in [2.05, 4.69) is 27.7 Å². The zero-order chi connectivity index (χ0) is 25.2. The van der Waals surface area contributed by atoms with Gasteiger partial charge in [-0.25, -0.2) is 0 Å². The number of rotatable bonds is 27. The Kier molecular flexibility index (Phi) is 25.2. The second-order valence-electron chi connectivity index (χ2n) is 11.3. The lowest BCUT2D eigenvalue weighted by molar-refractivity contribution is -0.156. The molecule has 204 valence electrons. The van der Waals surface area contributed by atoms with E-state index in [0.29, 0.717) is 6.61 Å². The highest BCUT2D eigenvalue weighted by atomic mass is 16.5. The van der Waals surface area contributed by atoms with E-state index < -0.39 is 0 Å². The average Bonchev–Trinajstić information content (AvgIpc) is 2.84. The van der Waals surface area contributed by atoms with Crippen molar-refractivity contribution < 1.29 is 9.53 Å². The van der Waals surface area contributed by atoms with Crippen LogP contribution in [0.2, 0.25) is 0 Å². The van der Waals surface area contributed by atoms with Crippen molar-refractivity contribution in [1.82, 2.24) is 0 Å². The quantitative estimate of drug-likeness (QED) is 0.0862. The Bertz CT molecular complexity index is 419. The predicted molar refractivity (Wildman–Crippen MR) is 152 cm³/mol. The van der Waals surface area contributed by atoms with Gasteiger partial charge in [0.15, 0.2) is 0 Å². The molecule has 0 N–H and O–H groups in total. The van der Waals surface area contributed by atoms with Gasteiger partial charge in [0.2, 0.25) is 0 Å². The molecule has 0 heterocycles. The van der Waals surface area contributed by atoms with E-state index in [4.69, 9.17) is 4.74 Å². The summed E-state index contributed by atoms with van der Waals surface area (Å²) < 4.78 is 5.84. The fraction of sp³-hybridized carbons (Fsp3) is 0.969. The number of hydrogen-bond acceptors (Lipinski definition) is 2. The fourth-order valence-electron chi connectivity index (χ4n) is 5.03. The monoisotopic (exact) mass is 480 g/mol. The Morgan fingerprint density at radius 3 is 1.12 bits per heavy atom. The third-order valence-corrected chi connectivity index (χ3v) is 7.64. The summed E-state index contributed by atoms with van der Waals surface area (Å²) >= 11 is 0. The van der Waals surface area contributed by atoms with Crippen molar-refractivity contribution in [3.8, 4) is 0 Å². The van der Waals surface area contributed by atoms with Gasteiger partial charge in [0.1, 0.15) is 0 Å². The summed E-state index contributed by atoms with van der Waals surface area (Å²) in [4.78, 5) is 13.0. The van der Waals surface area contributed by atoms with Crippen LogP contribution in [-0.4, -0.2) is 12.6 Å². The Balaban J connectivity index is 4.07. The van der Waals surface area contributed by atoms with Crippen molar-refractivity contribution in [3.63, 3.8) is 0 Å². The fourth-order valence-corrected chi connectivity index (χ4v) is 5.03. The molecule has 0 aromatic carbocycles. The minimum absolute atomic E-state index is 0.0843. The lowest BCUT2D eigenvalue weighted by Gasteiger charge is -2.27. The molecular formula is C32H64O2. The maximum Gasteiger partial charge on any atom is 0.311 e. The van der Waals surface area contributed by atoms with E-state index in [9.17, 15) is 4.79 Å². The van der Waals surface area contributed by atoms with Crippen molar-refractivity contribution in [2.45, 2.75) is 188 Å². The Morgan fingerprint density at radius 2 is 0.765 bits per heavy atom. The van der Waals surface area contributed by atoms with Crippen LogP contribution >= 0.6 is 0 Å². The molecule has 0 bridgehead atoms. The highest BCUT2D eigenvalue weighted by Crippen LogP contribution is 2.33. The van der Waals surface area contributed by atoms with E-state index in [1.807, 2.05) is 0 Å². The smallest absolute Gasteiger partial charge is 0.311 e. The van der Waals surface area contributed by atoms with Crippen LogP contribution in [0.3, 0.4) is 0 Å². The molecule has 0 aromatic heterocycles. The molecule has 0 aromatic rings. The minimum Gasteiger partial charge on any atom is -0.465 e. The number of hydrogen-bond donors (Lipinski definition) is 0. The molecule has 0 spiro atoms. The molecule has 0 aliphatic heterocycles. The molecule has 0 saturated heterocycles. The molecule has 0 fully saturated rings. The van der Waals surface area contributed by atoms with Gasteiger partial charge in [-0.3, -0.25) is 4.79 Å². The second kappa shape index (κ2) is 25.6. The van der Waals surface area contributed by atoms with Gasteiger partial charge in [0, 0.05) is 0 Å². The van der Waals surface area contributed by atoms with Crippen LogP contribution in [0.15, 0.2) is 0 Å². The Labute approximate surface area is 215 Å². The molecular weight excluding hydrogens is 416 g/mol. The molecule has 0 saturated carbocycles. The second-order valence-corrected chi connectivity index (χ2v) is 11.3. The molecule has 2 heteroatoms. The maximum absolute atomic E-state index is 13.0. The lowest BCUT2D eigenvalue weighted by Crippen LogP contribution is -2.30. The standard InChI is InChI=1S/C32H64O2/c1-5-8-11-14-16-17-18-19-21-24-27-30-34-31(33)32(4,28-25-22-13-10-7-3)29-26-23-20-15-12-9-6-2/h5-30H2,1-4H3. The van der Waals surface area contributed by atoms with Crippen LogP contribution < -0.4 is 0 Å². The van der Waals surface area contributed by atoms with Gasteiger partial charge < -0.3 is 4.74 Å². The van der Waals surface area contributed by atoms with Gasteiger partial charge in [-0.05, 0) is 26.2 Å². The lowest BCUT2D eigenvalue weighted by atomic mass is 9.79. The van der Waals surface area contributed by atoms with E-state index in [0.717, 1.165) is 19.3 Å². The number of carbonyl (C=O) groups is 1. The van der Waals surface area contributed by atoms with Gasteiger partial charge >= 0.3 is 5.97 Å². The highest BCUT2D eigenvalue weighted by Gasteiger charge is 2.33. The molecule has 0 amide bonds. The molecule has 34 heavy (non-hydrogen) atoms. The summed E-state index contributed by atoms with van der Waals surface area (Å²) in [6.07, 6.45) is 32.1. The first-order chi connectivity index (χ1) is 16.6. The third-order valence-electron chi connectivity index (χ3n) is 7.64. The summed E-state index contributed by atoms with van der Waals surface area (Å²) in [5.41, 5.74) is -0.270. The SMILES string of the molecule is CCCCCCCCCCCCCOC(=O)C(C)(CCCCCCC)CCCCCCCCC. The van der Waals surface area contributed by atoms with Crippen LogP contribution in [0, 0.1) is 5.41 Å². The summed E-state index contributed by atoms with van der Waals surface area (Å²) in [5.74, 6) is 0.0843. The van der Waals surface area contributed by atoms with Crippen LogP contribution in [0.25, 0.3) is 0 Å². The topological polar surface area (TPSA) is 26.3 Å². The Morgan fingerprint density at radius 1 is 0.471 bits per heavy atom. The molecule has 0 aliphatic carbocycles. The molecule has 1 unspecified atom stereocenters. The first-order valence-corrected chi connectivity index (χ1v) is 15.8. The van der Waals surface area contributed by atoms with Gasteiger partial charge in [-0.1, -0.05) is 162 Å². The largest absolute Gasteiger partial charge is 0.465 e. The van der Waals surface area contributed by atoms with Gasteiger partial charge in [0.05, 0.1) is 12.0 Å². The normalized spacial score (nSPS) is 13.2. The number of esters is 1. The van der Waals surface area contributed by atoms with Crippen molar-refractivity contribution in [2.24, 2.45) is 5.41 Å². The van der Waals surface area contributed by atoms with Crippen molar-refractivity contribution in [2.75, 3.05) is 6.61 Å². The van der Waals surface area contributed by atoms with E-state index >= 15 is 0 Å². The van der Waals surface area contributed by atoms with E-state index in [1.165, 1.54) is 141 Å². The molecule has 0 rings (SSSR count). The Hall–Kier alpha value is -0.530. The number of unbranched alkanes of at least 4 members (excludes halogenated alkanes) is 20. The van der Waals surface area contributed by atoms with Gasteiger partial charge in [-0.15, -0.1) is 0 Å². The number of carbonyl (C=O) groups excluding carboxylic acids is 1. The van der Waals surface area contributed by atoms with Crippen molar-refractivity contribution in [3.05, 3.63) is 0 Å². The summed E-state index contributed by atoms with van der Waals surface area (Å²) in [7, 11) is 0. The van der Waals surface area contributed by atoms with Crippen molar-refractivity contribution in [1.29, 1.82) is 0 Å². The van der Waals surface area contributed by atoms with Gasteiger partial charge in [-0.2, -0.15) is 0 Å². The summed E-state index contributed by atoms with van der Waals surface area (Å²) in [6.45, 7) is 9.62. The van der Waals surface area contributed by atoms with Crippen LogP contribution in [-0.2, 0) is 9.53 Å². The van der Waals surface area contributed by atoms with Crippen LogP contribution in [0.5, 0.6) is 0 Å². The minimum atomic E-state index is -0.270. The average molecular weight is 481 g/mol. The zero-order valence-corrected chi connectivity index (χ0v) is 24.2. The molecule has 1 atom stereocenters. The van der Waals surface area contributed by atoms with Crippen LogP contribution in [0.4, 0.5) is 0 Å². The molecule has 0 aliphatic rings. The number of ether oxygens (including phenoxy) is 1. The first-order valence-electron chi connectivity index (χ1n) is 15.8. The third kappa shape index (κ3) is 20.8. The highest BCUT2D eigenvalue weighted by molar-refractivity contribution is 5.76. The van der Waals surface area contributed by atoms with Gasteiger partial charge in [0.25, 0.3) is 0 Å². The summed E-state index contributed by atoms with van der Waals surface area (Å²) in [5, 5.41) is 0. The van der Waals surface area contributed by atoms with E-state index in [1.54, 1.807) is 0 Å². The summed E-state index contributed by atoms with van der Waals surface area (Å²) in [6, 6.07) is 0. The predicted octanol–water partition coefficient (Wildman–Crippen LogP) is 11.3. The molecule has 0 radical (unpaired) electrons. The molecule has 2 nitrogen and oxygen atoms in total. The zero-order valence-electron chi connectivity index (χ0n) is 24.2. The van der Waals surface area contributed by atoms with E-state index in [-0.39, 0.29) is 11.4 Å². The maximum atomic E-state index is 13.0. The van der Waals surface area contributed by atoms with Crippen molar-refractivity contribution >= 4 is 5.97 Å². The first kappa shape index (κ1) is 33.5.